The number of hydrogen-bond acceptors (Lipinski definition) is 4. The summed E-state index contributed by atoms with van der Waals surface area (Å²) in [6.07, 6.45) is 0.365. The molecule has 0 aromatic heterocycles. The largest absolute Gasteiger partial charge is 0.368 e. The van der Waals surface area contributed by atoms with E-state index in [1.165, 1.54) is 0 Å². The number of rotatable bonds is 1. The van der Waals surface area contributed by atoms with Crippen LogP contribution in [0.4, 0.5) is 0 Å². The van der Waals surface area contributed by atoms with Crippen molar-refractivity contribution in [2.24, 2.45) is 5.73 Å². The number of carbonyl (C=O) groups excluding carboxylic acids is 1. The van der Waals surface area contributed by atoms with Crippen LogP contribution in [0.1, 0.15) is 13.3 Å². The maximum absolute atomic E-state index is 10.7. The van der Waals surface area contributed by atoms with Gasteiger partial charge in [0.15, 0.2) is 0 Å². The van der Waals surface area contributed by atoms with Gasteiger partial charge in [0, 0.05) is 12.5 Å². The fraction of sp³-hybridized carbons (Fsp3) is 0.667. The van der Waals surface area contributed by atoms with Crippen LogP contribution in [-0.2, 0) is 15.1 Å². The molecule has 1 amide bonds. The first-order valence-electron chi connectivity index (χ1n) is 3.52. The molecule has 0 aromatic carbocycles. The molecule has 2 unspecified atom stereocenters. The minimum atomic E-state index is -2.31. The van der Waals surface area contributed by atoms with Crippen LogP contribution < -0.4 is 11.1 Å². The molecular formula is C6H10N2O3S. The van der Waals surface area contributed by atoms with Crippen molar-refractivity contribution in [3.63, 3.8) is 0 Å². The number of primary amides is 1. The van der Waals surface area contributed by atoms with Crippen molar-refractivity contribution in [3.8, 4) is 0 Å². The normalized spacial score (nSPS) is 28.9. The monoisotopic (exact) mass is 190 g/mol. The van der Waals surface area contributed by atoms with E-state index >= 15 is 0 Å². The van der Waals surface area contributed by atoms with E-state index in [0.717, 1.165) is 0 Å². The fourth-order valence-corrected chi connectivity index (χ4v) is 2.02. The van der Waals surface area contributed by atoms with Gasteiger partial charge in [-0.2, -0.15) is 8.42 Å². The zero-order chi connectivity index (χ0) is 9.30. The van der Waals surface area contributed by atoms with Crippen molar-refractivity contribution in [2.75, 3.05) is 0 Å². The lowest BCUT2D eigenvalue weighted by atomic mass is 10.2. The summed E-state index contributed by atoms with van der Waals surface area (Å²) in [5.74, 6) is -0.640. The molecule has 2 atom stereocenters. The van der Waals surface area contributed by atoms with Crippen LogP contribution in [0.25, 0.3) is 0 Å². The highest BCUT2D eigenvalue weighted by Gasteiger charge is 2.32. The molecule has 12 heavy (non-hydrogen) atoms. The number of nitrogens with two attached hydrogens (primary N) is 1. The lowest BCUT2D eigenvalue weighted by molar-refractivity contribution is -0.118. The molecule has 1 fully saturated rings. The third-order valence-corrected chi connectivity index (χ3v) is 2.61. The summed E-state index contributed by atoms with van der Waals surface area (Å²) in [7, 11) is -2.31. The van der Waals surface area contributed by atoms with E-state index < -0.39 is 22.2 Å². The predicted octanol–water partition coefficient (Wildman–Crippen LogP) is -1.73. The molecule has 0 saturated carbocycles. The second kappa shape index (κ2) is 3.24. The quantitative estimate of drug-likeness (QED) is 0.481. The molecule has 1 saturated heterocycles. The smallest absolute Gasteiger partial charge is 0.239 e. The van der Waals surface area contributed by atoms with Crippen LogP contribution in [0.5, 0.6) is 0 Å². The first-order valence-corrected chi connectivity index (χ1v) is 4.60. The highest BCUT2D eigenvalue weighted by molar-refractivity contribution is 7.73. The highest BCUT2D eigenvalue weighted by atomic mass is 32.2. The molecule has 68 valence electrons. The summed E-state index contributed by atoms with van der Waals surface area (Å²) >= 11 is 0. The van der Waals surface area contributed by atoms with Crippen LogP contribution in [0.2, 0.25) is 0 Å². The molecule has 1 heterocycles. The molecule has 1 aliphatic rings. The van der Waals surface area contributed by atoms with Crippen molar-refractivity contribution >= 4 is 21.1 Å². The molecule has 5 nitrogen and oxygen atoms in total. The van der Waals surface area contributed by atoms with Gasteiger partial charge in [-0.25, -0.2) is 0 Å². The first kappa shape index (κ1) is 9.21. The number of carbonyl (C=O) groups is 1. The molecule has 0 aromatic rings. The molecular weight excluding hydrogens is 180 g/mol. The molecule has 1 rings (SSSR count). The average Bonchev–Trinajstić information content (AvgIpc) is 2.31. The van der Waals surface area contributed by atoms with Crippen molar-refractivity contribution < 1.29 is 13.2 Å². The van der Waals surface area contributed by atoms with E-state index in [4.69, 9.17) is 5.73 Å². The summed E-state index contributed by atoms with van der Waals surface area (Å²) in [5.41, 5.74) is 4.99. The Labute approximate surface area is 71.5 Å². The number of hydrogen-bond donors (Lipinski definition) is 2. The van der Waals surface area contributed by atoms with Gasteiger partial charge in [-0.3, -0.25) is 10.1 Å². The Balaban J connectivity index is 3.04. The maximum atomic E-state index is 10.7. The summed E-state index contributed by atoms with van der Waals surface area (Å²) in [5, 5.41) is 2.78. The zero-order valence-electron chi connectivity index (χ0n) is 6.57. The average molecular weight is 190 g/mol. The molecule has 1 aliphatic heterocycles. The Morgan fingerprint density at radius 3 is 2.58 bits per heavy atom. The molecule has 6 heteroatoms. The fourth-order valence-electron chi connectivity index (χ4n) is 1.26. The van der Waals surface area contributed by atoms with Crippen LogP contribution in [0.15, 0.2) is 0 Å². The van der Waals surface area contributed by atoms with E-state index in [0.29, 0.717) is 6.42 Å². The number of nitrogens with one attached hydrogen (secondary N) is 1. The van der Waals surface area contributed by atoms with E-state index in [1.54, 1.807) is 6.92 Å². The third-order valence-electron chi connectivity index (χ3n) is 1.78. The SMILES string of the molecule is CC1CC(=S(=O)=O)C(C(N)=O)N1. The van der Waals surface area contributed by atoms with Gasteiger partial charge in [0.2, 0.25) is 16.2 Å². The number of amides is 1. The highest BCUT2D eigenvalue weighted by Crippen LogP contribution is 2.07. The van der Waals surface area contributed by atoms with E-state index in [1.807, 2.05) is 0 Å². The summed E-state index contributed by atoms with van der Waals surface area (Å²) in [4.78, 5) is 10.9. The minimum Gasteiger partial charge on any atom is -0.368 e. The van der Waals surface area contributed by atoms with Gasteiger partial charge in [0.05, 0.1) is 4.86 Å². The zero-order valence-corrected chi connectivity index (χ0v) is 7.39. The first-order chi connectivity index (χ1) is 5.52. The lowest BCUT2D eigenvalue weighted by Gasteiger charge is -2.04. The van der Waals surface area contributed by atoms with Crippen molar-refractivity contribution in [3.05, 3.63) is 0 Å². The van der Waals surface area contributed by atoms with E-state index in [-0.39, 0.29) is 10.9 Å². The Morgan fingerprint density at radius 2 is 2.25 bits per heavy atom. The third kappa shape index (κ3) is 1.64. The lowest BCUT2D eigenvalue weighted by Crippen LogP contribution is -2.42. The standard InChI is InChI=1S/C6H10N2O3S/c1-3-2-4(12(10)11)5(8-3)6(7)9/h3,5,8H,2H2,1H3,(H2,7,9). The van der Waals surface area contributed by atoms with Gasteiger partial charge in [0.25, 0.3) is 0 Å². The predicted molar refractivity (Wildman–Crippen MR) is 44.1 cm³/mol. The van der Waals surface area contributed by atoms with Crippen molar-refractivity contribution in [2.45, 2.75) is 25.4 Å². The molecule has 0 aliphatic carbocycles. The second-order valence-electron chi connectivity index (χ2n) is 2.81. The molecule has 3 N–H and O–H groups in total. The van der Waals surface area contributed by atoms with Crippen LogP contribution in [-0.4, -0.2) is 31.3 Å². The Hall–Kier alpha value is -0.880. The second-order valence-corrected chi connectivity index (χ2v) is 3.80. The summed E-state index contributed by atoms with van der Waals surface area (Å²) in [6, 6.07) is -0.811. The van der Waals surface area contributed by atoms with Crippen LogP contribution >= 0.6 is 0 Å². The molecule has 0 spiro atoms. The van der Waals surface area contributed by atoms with Gasteiger partial charge < -0.3 is 5.73 Å². The molecule has 0 radical (unpaired) electrons. The van der Waals surface area contributed by atoms with Crippen molar-refractivity contribution in [1.82, 2.24) is 5.32 Å². The van der Waals surface area contributed by atoms with Gasteiger partial charge in [-0.1, -0.05) is 0 Å². The maximum Gasteiger partial charge on any atom is 0.239 e. The Kier molecular flexibility index (Phi) is 2.49. The van der Waals surface area contributed by atoms with Gasteiger partial charge in [-0.05, 0) is 6.92 Å². The van der Waals surface area contributed by atoms with Crippen LogP contribution in [0, 0.1) is 0 Å². The van der Waals surface area contributed by atoms with Gasteiger partial charge in [0.1, 0.15) is 6.04 Å². The molecule has 0 bridgehead atoms. The summed E-state index contributed by atoms with van der Waals surface area (Å²) < 4.78 is 21.2. The summed E-state index contributed by atoms with van der Waals surface area (Å²) in [6.45, 7) is 1.80. The van der Waals surface area contributed by atoms with E-state index in [2.05, 4.69) is 5.32 Å². The Morgan fingerprint density at radius 1 is 1.67 bits per heavy atom. The van der Waals surface area contributed by atoms with E-state index in [9.17, 15) is 13.2 Å². The topological polar surface area (TPSA) is 89.3 Å². The van der Waals surface area contributed by atoms with Gasteiger partial charge >= 0.3 is 0 Å². The van der Waals surface area contributed by atoms with Gasteiger partial charge in [-0.15, -0.1) is 0 Å². The minimum absolute atomic E-state index is 0.00426. The van der Waals surface area contributed by atoms with Crippen molar-refractivity contribution in [1.29, 1.82) is 0 Å². The Bertz CT molecular complexity index is 325. The van der Waals surface area contributed by atoms with Crippen LogP contribution in [0.3, 0.4) is 0 Å².